The third-order valence-electron chi connectivity index (χ3n) is 3.56. The summed E-state index contributed by atoms with van der Waals surface area (Å²) in [5, 5.41) is 3.31. The van der Waals surface area contributed by atoms with Crippen molar-refractivity contribution in [3.05, 3.63) is 60.1 Å². The van der Waals surface area contributed by atoms with Gasteiger partial charge in [0.1, 0.15) is 11.5 Å². The number of nitrogens with zero attached hydrogens (tertiary/aromatic N) is 1. The lowest BCUT2D eigenvalue weighted by Crippen LogP contribution is -2.24. The van der Waals surface area contributed by atoms with E-state index in [2.05, 4.69) is 4.98 Å². The summed E-state index contributed by atoms with van der Waals surface area (Å²) in [5.41, 5.74) is 0. The first-order valence-corrected chi connectivity index (χ1v) is 9.56. The van der Waals surface area contributed by atoms with Gasteiger partial charge in [0.25, 0.3) is 0 Å². The van der Waals surface area contributed by atoms with Gasteiger partial charge in [0.05, 0.1) is 14.2 Å². The molecule has 0 spiro atoms. The summed E-state index contributed by atoms with van der Waals surface area (Å²) in [4.78, 5) is 4.32. The maximum Gasteiger partial charge on any atom is 0.198 e. The van der Waals surface area contributed by atoms with E-state index in [0.717, 1.165) is 22.1 Å². The first-order valence-electron chi connectivity index (χ1n) is 6.98. The number of aromatic nitrogens is 1. The summed E-state index contributed by atoms with van der Waals surface area (Å²) < 4.78 is 24.9. The maximum absolute atomic E-state index is 13.9. The summed E-state index contributed by atoms with van der Waals surface area (Å²) in [6.07, 6.45) is 1.68. The molecule has 118 valence electrons. The molecule has 0 bridgehead atoms. The molecule has 1 aromatic heterocycles. The van der Waals surface area contributed by atoms with Gasteiger partial charge in [0, 0.05) is 22.2 Å². The molecule has 0 aliphatic heterocycles. The standard InChI is InChI=1S/C17H16NO3PS/c1-20-13-3-7-15(8-4-13)22(19,17-18-11-12-23-17)16-9-5-14(21-2)6-10-16/h3-12H,1-2H3. The molecule has 3 rings (SSSR count). The van der Waals surface area contributed by atoms with Crippen LogP contribution in [0.1, 0.15) is 0 Å². The zero-order valence-electron chi connectivity index (χ0n) is 12.8. The number of methoxy groups -OCH3 is 2. The third-order valence-corrected chi connectivity index (χ3v) is 7.93. The Kier molecular flexibility index (Phi) is 4.51. The highest BCUT2D eigenvalue weighted by atomic mass is 32.1. The lowest BCUT2D eigenvalue weighted by atomic mass is 10.3. The fourth-order valence-electron chi connectivity index (χ4n) is 2.33. The first-order chi connectivity index (χ1) is 11.2. The number of ether oxygens (including phenoxy) is 2. The summed E-state index contributed by atoms with van der Waals surface area (Å²) in [7, 11) is 0.227. The quantitative estimate of drug-likeness (QED) is 0.667. The molecule has 1 heterocycles. The zero-order chi connectivity index (χ0) is 16.3. The van der Waals surface area contributed by atoms with Gasteiger partial charge >= 0.3 is 0 Å². The van der Waals surface area contributed by atoms with Crippen LogP contribution in [0.3, 0.4) is 0 Å². The Hall–Kier alpha value is -2.10. The molecule has 0 saturated carbocycles. The Morgan fingerprint density at radius 3 is 1.70 bits per heavy atom. The predicted octanol–water partition coefficient (Wildman–Crippen LogP) is 2.80. The van der Waals surface area contributed by atoms with Crippen molar-refractivity contribution in [1.82, 2.24) is 4.98 Å². The number of rotatable bonds is 5. The summed E-state index contributed by atoms with van der Waals surface area (Å²) in [6.45, 7) is 0. The van der Waals surface area contributed by atoms with E-state index in [-0.39, 0.29) is 0 Å². The normalized spacial score (nSPS) is 11.2. The van der Waals surface area contributed by atoms with Crippen molar-refractivity contribution in [2.45, 2.75) is 0 Å². The van der Waals surface area contributed by atoms with Gasteiger partial charge < -0.3 is 14.0 Å². The van der Waals surface area contributed by atoms with Gasteiger partial charge in [0.2, 0.25) is 0 Å². The van der Waals surface area contributed by atoms with Gasteiger partial charge in [-0.15, -0.1) is 11.3 Å². The molecule has 3 aromatic rings. The van der Waals surface area contributed by atoms with E-state index >= 15 is 0 Å². The van der Waals surface area contributed by atoms with Crippen molar-refractivity contribution < 1.29 is 14.0 Å². The van der Waals surface area contributed by atoms with Crippen LogP contribution in [0.15, 0.2) is 60.1 Å². The molecule has 0 fully saturated rings. The molecule has 0 atom stereocenters. The molecule has 0 amide bonds. The molecule has 23 heavy (non-hydrogen) atoms. The van der Waals surface area contributed by atoms with Gasteiger partial charge in [-0.3, -0.25) is 0 Å². The third kappa shape index (κ3) is 2.90. The van der Waals surface area contributed by atoms with E-state index in [1.165, 1.54) is 11.3 Å². The van der Waals surface area contributed by atoms with E-state index in [0.29, 0.717) is 4.75 Å². The molecular formula is C17H16NO3PS. The second-order valence-electron chi connectivity index (χ2n) is 4.82. The molecule has 0 radical (unpaired) electrons. The minimum atomic E-state index is -2.99. The van der Waals surface area contributed by atoms with E-state index < -0.39 is 7.14 Å². The van der Waals surface area contributed by atoms with Crippen molar-refractivity contribution in [1.29, 1.82) is 0 Å². The van der Waals surface area contributed by atoms with Crippen LogP contribution < -0.4 is 24.8 Å². The van der Waals surface area contributed by atoms with E-state index in [4.69, 9.17) is 9.47 Å². The Morgan fingerprint density at radius 1 is 0.870 bits per heavy atom. The average Bonchev–Trinajstić information content (AvgIpc) is 3.16. The number of hydrogen-bond donors (Lipinski definition) is 0. The second-order valence-corrected chi connectivity index (χ2v) is 8.69. The molecule has 0 saturated heterocycles. The van der Waals surface area contributed by atoms with Crippen molar-refractivity contribution in [2.24, 2.45) is 0 Å². The Balaban J connectivity index is 2.15. The van der Waals surface area contributed by atoms with Crippen LogP contribution >= 0.6 is 18.5 Å². The molecule has 2 aromatic carbocycles. The molecule has 4 nitrogen and oxygen atoms in total. The van der Waals surface area contributed by atoms with E-state index in [1.807, 2.05) is 53.9 Å². The highest BCUT2D eigenvalue weighted by Crippen LogP contribution is 2.43. The summed E-state index contributed by atoms with van der Waals surface area (Å²) >= 11 is 1.40. The zero-order valence-corrected chi connectivity index (χ0v) is 14.5. The summed E-state index contributed by atoms with van der Waals surface area (Å²) in [6, 6.07) is 14.6. The van der Waals surface area contributed by atoms with Crippen LogP contribution in [-0.4, -0.2) is 19.2 Å². The van der Waals surface area contributed by atoms with Crippen LogP contribution in [0.4, 0.5) is 0 Å². The highest BCUT2D eigenvalue weighted by molar-refractivity contribution is 7.88. The maximum atomic E-state index is 13.9. The van der Waals surface area contributed by atoms with Crippen molar-refractivity contribution in [3.63, 3.8) is 0 Å². The minimum Gasteiger partial charge on any atom is -0.497 e. The van der Waals surface area contributed by atoms with Gasteiger partial charge in [-0.25, -0.2) is 4.98 Å². The van der Waals surface area contributed by atoms with Crippen LogP contribution in [0.25, 0.3) is 0 Å². The Bertz CT molecular complexity index is 763. The Morgan fingerprint density at radius 2 is 1.35 bits per heavy atom. The molecule has 0 unspecified atom stereocenters. The number of benzene rings is 2. The average molecular weight is 345 g/mol. The largest absolute Gasteiger partial charge is 0.497 e. The molecule has 6 heteroatoms. The molecule has 0 aliphatic carbocycles. The molecule has 0 aliphatic rings. The van der Waals surface area contributed by atoms with E-state index in [9.17, 15) is 4.57 Å². The van der Waals surface area contributed by atoms with Crippen molar-refractivity contribution in [3.8, 4) is 11.5 Å². The fraction of sp³-hybridized carbons (Fsp3) is 0.118. The topological polar surface area (TPSA) is 48.4 Å². The summed E-state index contributed by atoms with van der Waals surface area (Å²) in [5.74, 6) is 1.46. The van der Waals surface area contributed by atoms with E-state index in [1.54, 1.807) is 20.4 Å². The first kappa shape index (κ1) is 15.8. The van der Waals surface area contributed by atoms with Crippen LogP contribution in [-0.2, 0) is 4.57 Å². The Labute approximate surface area is 139 Å². The second kappa shape index (κ2) is 6.57. The monoisotopic (exact) mass is 345 g/mol. The lowest BCUT2D eigenvalue weighted by molar-refractivity contribution is 0.415. The lowest BCUT2D eigenvalue weighted by Gasteiger charge is -2.17. The van der Waals surface area contributed by atoms with Crippen LogP contribution in [0, 0.1) is 0 Å². The minimum absolute atomic E-state index is 0.618. The van der Waals surface area contributed by atoms with Gasteiger partial charge in [-0.2, -0.15) is 0 Å². The predicted molar refractivity (Wildman–Crippen MR) is 94.6 cm³/mol. The smallest absolute Gasteiger partial charge is 0.198 e. The SMILES string of the molecule is COc1ccc(P(=O)(c2ccc(OC)cc2)c2nccs2)cc1. The van der Waals surface area contributed by atoms with Crippen molar-refractivity contribution in [2.75, 3.05) is 14.2 Å². The van der Waals surface area contributed by atoms with Crippen molar-refractivity contribution >= 4 is 33.8 Å². The molecular weight excluding hydrogens is 329 g/mol. The van der Waals surface area contributed by atoms with Gasteiger partial charge in [-0.1, -0.05) is 0 Å². The number of hydrogen-bond acceptors (Lipinski definition) is 5. The highest BCUT2D eigenvalue weighted by Gasteiger charge is 2.32. The van der Waals surface area contributed by atoms with Crippen LogP contribution in [0.5, 0.6) is 11.5 Å². The fourth-order valence-corrected chi connectivity index (χ4v) is 6.21. The van der Waals surface area contributed by atoms with Gasteiger partial charge in [-0.05, 0) is 48.5 Å². The molecule has 0 N–H and O–H groups in total. The number of thiazole rings is 1. The van der Waals surface area contributed by atoms with Crippen LogP contribution in [0.2, 0.25) is 0 Å². The van der Waals surface area contributed by atoms with Gasteiger partial charge in [0.15, 0.2) is 11.9 Å².